The van der Waals surface area contributed by atoms with Gasteiger partial charge in [-0.2, -0.15) is 0 Å². The first kappa shape index (κ1) is 16.3. The number of carbonyl (C=O) groups excluding carboxylic acids is 1. The summed E-state index contributed by atoms with van der Waals surface area (Å²) < 4.78 is 0. The zero-order chi connectivity index (χ0) is 16.1. The van der Waals surface area contributed by atoms with Crippen LogP contribution in [0.2, 0.25) is 10.2 Å². The third-order valence-corrected chi connectivity index (χ3v) is 3.42. The van der Waals surface area contributed by atoms with E-state index in [0.717, 1.165) is 5.56 Å². The summed E-state index contributed by atoms with van der Waals surface area (Å²) in [6, 6.07) is 8.33. The zero-order valence-electron chi connectivity index (χ0n) is 11.3. The molecule has 114 valence electrons. The van der Waals surface area contributed by atoms with Gasteiger partial charge in [-0.3, -0.25) is 9.59 Å². The number of hydrogen-bond acceptors (Lipinski definition) is 3. The molecule has 0 aliphatic rings. The highest BCUT2D eigenvalue weighted by atomic mass is 35.5. The Hall–Kier alpha value is -2.11. The molecule has 0 fully saturated rings. The number of nitrogens with one attached hydrogen (secondary N) is 1. The Bertz CT molecular complexity index is 702. The number of anilines is 1. The number of rotatable bonds is 5. The lowest BCUT2D eigenvalue weighted by atomic mass is 10.1. The fraction of sp³-hybridized carbons (Fsp3) is 0.133. The molecule has 0 aliphatic heterocycles. The molecule has 1 aromatic carbocycles. The number of aliphatic carboxylic acids is 1. The summed E-state index contributed by atoms with van der Waals surface area (Å²) in [6.07, 6.45) is 1.81. The lowest BCUT2D eigenvalue weighted by Crippen LogP contribution is -2.12. The first-order chi connectivity index (χ1) is 10.5. The average Bonchev–Trinajstić information content (AvgIpc) is 2.46. The van der Waals surface area contributed by atoms with Crippen LogP contribution in [0.3, 0.4) is 0 Å². The van der Waals surface area contributed by atoms with E-state index in [4.69, 9.17) is 28.3 Å². The van der Waals surface area contributed by atoms with E-state index >= 15 is 0 Å². The molecule has 5 nitrogen and oxygen atoms in total. The van der Waals surface area contributed by atoms with Gasteiger partial charge in [0, 0.05) is 18.3 Å². The van der Waals surface area contributed by atoms with E-state index in [-0.39, 0.29) is 22.2 Å². The molecule has 2 N–H and O–H groups in total. The van der Waals surface area contributed by atoms with Crippen LogP contribution in [0.5, 0.6) is 0 Å². The number of carbonyl (C=O) groups is 2. The molecule has 0 unspecified atom stereocenters. The Labute approximate surface area is 136 Å². The first-order valence-electron chi connectivity index (χ1n) is 6.39. The molecule has 1 amide bonds. The number of amides is 1. The van der Waals surface area contributed by atoms with Crippen LogP contribution >= 0.6 is 23.2 Å². The SMILES string of the molecule is O=C(O)CCc1ccc(NC(=O)c2cnc(Cl)cc2Cl)cc1. The van der Waals surface area contributed by atoms with Crippen molar-refractivity contribution >= 4 is 40.8 Å². The minimum atomic E-state index is -0.845. The van der Waals surface area contributed by atoms with Crippen molar-refractivity contribution in [2.45, 2.75) is 12.8 Å². The van der Waals surface area contributed by atoms with Gasteiger partial charge in [-0.25, -0.2) is 4.98 Å². The molecule has 0 radical (unpaired) electrons. The number of aryl methyl sites for hydroxylation is 1. The number of aromatic nitrogens is 1. The molecule has 2 rings (SSSR count). The van der Waals surface area contributed by atoms with Gasteiger partial charge in [0.2, 0.25) is 0 Å². The number of carboxylic acid groups (broad SMARTS) is 1. The van der Waals surface area contributed by atoms with Crippen molar-refractivity contribution in [3.05, 3.63) is 57.8 Å². The molecule has 1 aromatic heterocycles. The molecule has 7 heteroatoms. The van der Waals surface area contributed by atoms with Gasteiger partial charge in [-0.15, -0.1) is 0 Å². The quantitative estimate of drug-likeness (QED) is 0.815. The zero-order valence-corrected chi connectivity index (χ0v) is 12.9. The molecule has 0 saturated heterocycles. The first-order valence-corrected chi connectivity index (χ1v) is 7.14. The standard InChI is InChI=1S/C15H12Cl2N2O3/c16-12-7-13(17)18-8-11(12)15(22)19-10-4-1-9(2-5-10)3-6-14(20)21/h1-2,4-5,7-8H,3,6H2,(H,19,22)(H,20,21). The van der Waals surface area contributed by atoms with Crippen molar-refractivity contribution < 1.29 is 14.7 Å². The van der Waals surface area contributed by atoms with Crippen molar-refractivity contribution in [2.24, 2.45) is 0 Å². The smallest absolute Gasteiger partial charge is 0.303 e. The van der Waals surface area contributed by atoms with E-state index in [0.29, 0.717) is 12.1 Å². The Morgan fingerprint density at radius 1 is 1.18 bits per heavy atom. The van der Waals surface area contributed by atoms with Crippen molar-refractivity contribution in [2.75, 3.05) is 5.32 Å². The van der Waals surface area contributed by atoms with Crippen LogP contribution in [0.4, 0.5) is 5.69 Å². The Morgan fingerprint density at radius 3 is 2.45 bits per heavy atom. The predicted molar refractivity (Wildman–Crippen MR) is 84.6 cm³/mol. The largest absolute Gasteiger partial charge is 0.481 e. The molecule has 0 spiro atoms. The Balaban J connectivity index is 2.04. The van der Waals surface area contributed by atoms with Crippen LogP contribution in [0.15, 0.2) is 36.5 Å². The van der Waals surface area contributed by atoms with Crippen molar-refractivity contribution in [1.29, 1.82) is 0 Å². The van der Waals surface area contributed by atoms with Gasteiger partial charge >= 0.3 is 5.97 Å². The maximum atomic E-state index is 12.1. The van der Waals surface area contributed by atoms with Gasteiger partial charge in [0.25, 0.3) is 5.91 Å². The average molecular weight is 339 g/mol. The minimum Gasteiger partial charge on any atom is -0.481 e. The summed E-state index contributed by atoms with van der Waals surface area (Å²) in [5, 5.41) is 11.8. The van der Waals surface area contributed by atoms with Crippen LogP contribution in [0.1, 0.15) is 22.3 Å². The van der Waals surface area contributed by atoms with E-state index in [1.165, 1.54) is 12.3 Å². The van der Waals surface area contributed by atoms with Crippen LogP contribution in [-0.2, 0) is 11.2 Å². The fourth-order valence-corrected chi connectivity index (χ4v) is 2.23. The highest BCUT2D eigenvalue weighted by Crippen LogP contribution is 2.20. The summed E-state index contributed by atoms with van der Waals surface area (Å²) in [5.74, 6) is -1.24. The van der Waals surface area contributed by atoms with Crippen molar-refractivity contribution in [3.8, 4) is 0 Å². The normalized spacial score (nSPS) is 10.3. The molecule has 0 bridgehead atoms. The highest BCUT2D eigenvalue weighted by molar-refractivity contribution is 6.36. The number of halogens is 2. The molecule has 0 aliphatic carbocycles. The van der Waals surface area contributed by atoms with E-state index in [9.17, 15) is 9.59 Å². The van der Waals surface area contributed by atoms with E-state index in [2.05, 4.69) is 10.3 Å². The maximum Gasteiger partial charge on any atom is 0.303 e. The maximum absolute atomic E-state index is 12.1. The highest BCUT2D eigenvalue weighted by Gasteiger charge is 2.12. The van der Waals surface area contributed by atoms with Gasteiger partial charge in [-0.1, -0.05) is 35.3 Å². The molecule has 22 heavy (non-hydrogen) atoms. The number of carboxylic acids is 1. The Kier molecular flexibility index (Phi) is 5.35. The number of benzene rings is 1. The molecule has 0 atom stereocenters. The predicted octanol–water partition coefficient (Wildman–Crippen LogP) is 3.66. The third kappa shape index (κ3) is 4.44. The Morgan fingerprint density at radius 2 is 1.86 bits per heavy atom. The second-order valence-electron chi connectivity index (χ2n) is 4.53. The third-order valence-electron chi connectivity index (χ3n) is 2.90. The summed E-state index contributed by atoms with van der Waals surface area (Å²) in [6.45, 7) is 0. The minimum absolute atomic E-state index is 0.0672. The van der Waals surface area contributed by atoms with Crippen LogP contribution < -0.4 is 5.32 Å². The second-order valence-corrected chi connectivity index (χ2v) is 5.33. The number of nitrogens with zero attached hydrogens (tertiary/aromatic N) is 1. The molecular weight excluding hydrogens is 327 g/mol. The molecular formula is C15H12Cl2N2O3. The number of pyridine rings is 1. The van der Waals surface area contributed by atoms with Crippen molar-refractivity contribution in [1.82, 2.24) is 4.98 Å². The van der Waals surface area contributed by atoms with E-state index in [1.807, 2.05) is 0 Å². The summed E-state index contributed by atoms with van der Waals surface area (Å²) in [7, 11) is 0. The molecule has 1 heterocycles. The fourth-order valence-electron chi connectivity index (χ4n) is 1.78. The lowest BCUT2D eigenvalue weighted by molar-refractivity contribution is -0.136. The summed E-state index contributed by atoms with van der Waals surface area (Å²) >= 11 is 11.6. The monoisotopic (exact) mass is 338 g/mol. The van der Waals surface area contributed by atoms with Gasteiger partial charge in [0.1, 0.15) is 5.15 Å². The van der Waals surface area contributed by atoms with Gasteiger partial charge < -0.3 is 10.4 Å². The summed E-state index contributed by atoms with van der Waals surface area (Å²) in [4.78, 5) is 26.4. The molecule has 0 saturated carbocycles. The second kappa shape index (κ2) is 7.24. The van der Waals surface area contributed by atoms with Gasteiger partial charge in [0.15, 0.2) is 0 Å². The van der Waals surface area contributed by atoms with Crippen LogP contribution in [0, 0.1) is 0 Å². The van der Waals surface area contributed by atoms with Crippen LogP contribution in [-0.4, -0.2) is 22.0 Å². The number of hydrogen-bond donors (Lipinski definition) is 2. The van der Waals surface area contributed by atoms with E-state index in [1.54, 1.807) is 24.3 Å². The van der Waals surface area contributed by atoms with Gasteiger partial charge in [-0.05, 0) is 30.2 Å². The summed E-state index contributed by atoms with van der Waals surface area (Å²) in [5.41, 5.74) is 1.68. The van der Waals surface area contributed by atoms with E-state index < -0.39 is 11.9 Å². The lowest BCUT2D eigenvalue weighted by Gasteiger charge is -2.07. The van der Waals surface area contributed by atoms with Crippen LogP contribution in [0.25, 0.3) is 0 Å². The van der Waals surface area contributed by atoms with Crippen molar-refractivity contribution in [3.63, 3.8) is 0 Å². The molecule has 2 aromatic rings. The van der Waals surface area contributed by atoms with Gasteiger partial charge in [0.05, 0.1) is 10.6 Å². The topological polar surface area (TPSA) is 79.3 Å².